The molecule has 1 aromatic heterocycles. The Labute approximate surface area is 163 Å². The van der Waals surface area contributed by atoms with E-state index in [9.17, 15) is 8.42 Å². The highest BCUT2D eigenvalue weighted by Gasteiger charge is 2.26. The van der Waals surface area contributed by atoms with E-state index in [0.717, 1.165) is 49.2 Å². The zero-order valence-corrected chi connectivity index (χ0v) is 17.7. The minimum Gasteiger partial charge on any atom is -0.355 e. The van der Waals surface area contributed by atoms with Gasteiger partial charge in [0.15, 0.2) is 5.82 Å². The zero-order valence-electron chi connectivity index (χ0n) is 16.9. The molecule has 3 rings (SSSR count). The maximum Gasteiger partial charge on any atom is 0.240 e. The highest BCUT2D eigenvalue weighted by atomic mass is 32.2. The van der Waals surface area contributed by atoms with E-state index in [1.54, 1.807) is 12.1 Å². The fourth-order valence-corrected chi connectivity index (χ4v) is 4.92. The predicted molar refractivity (Wildman–Crippen MR) is 111 cm³/mol. The van der Waals surface area contributed by atoms with Gasteiger partial charge in [-0.15, -0.1) is 0 Å². The van der Waals surface area contributed by atoms with Gasteiger partial charge in [-0.25, -0.2) is 13.1 Å². The minimum absolute atomic E-state index is 0.0365. The molecule has 0 saturated heterocycles. The van der Waals surface area contributed by atoms with Crippen molar-refractivity contribution in [1.29, 1.82) is 0 Å². The lowest BCUT2D eigenvalue weighted by molar-refractivity contribution is 0.530. The monoisotopic (exact) mass is 392 g/mol. The fraction of sp³-hybridized carbons (Fsp3) is 0.650. The van der Waals surface area contributed by atoms with Crippen molar-refractivity contribution in [3.05, 3.63) is 18.2 Å². The quantitative estimate of drug-likeness (QED) is 0.668. The van der Waals surface area contributed by atoms with Crippen LogP contribution in [0.3, 0.4) is 0 Å². The van der Waals surface area contributed by atoms with Crippen LogP contribution in [-0.2, 0) is 16.6 Å². The number of anilines is 1. The molecule has 6 nitrogen and oxygen atoms in total. The average Bonchev–Trinajstić information content (AvgIpc) is 3.42. The van der Waals surface area contributed by atoms with Crippen molar-refractivity contribution in [3.63, 3.8) is 0 Å². The first-order chi connectivity index (χ1) is 12.9. The Bertz CT molecular complexity index is 879. The third-order valence-electron chi connectivity index (χ3n) is 5.51. The van der Waals surface area contributed by atoms with Crippen LogP contribution >= 0.6 is 0 Å². The van der Waals surface area contributed by atoms with E-state index in [2.05, 4.69) is 28.2 Å². The Morgan fingerprint density at radius 3 is 2.41 bits per heavy atom. The Hall–Kier alpha value is -1.60. The van der Waals surface area contributed by atoms with E-state index < -0.39 is 10.0 Å². The highest BCUT2D eigenvalue weighted by molar-refractivity contribution is 7.89. The van der Waals surface area contributed by atoms with Gasteiger partial charge in [-0.3, -0.25) is 4.68 Å². The fourth-order valence-electron chi connectivity index (χ4n) is 3.49. The smallest absolute Gasteiger partial charge is 0.240 e. The average molecular weight is 393 g/mol. The standard InChI is InChI=1S/C20H32N4O2S/c1-5-16(6-2)22-27(25,26)17-11-12-19-18(13-17)20(23(7-3)8-4)21-24(19)14-15-9-10-15/h11-13,15-16,22H,5-10,14H2,1-4H3. The molecular formula is C20H32N4O2S. The van der Waals surface area contributed by atoms with Crippen LogP contribution in [0.1, 0.15) is 53.4 Å². The van der Waals surface area contributed by atoms with Gasteiger partial charge in [0.2, 0.25) is 10.0 Å². The van der Waals surface area contributed by atoms with E-state index in [1.807, 2.05) is 19.9 Å². The summed E-state index contributed by atoms with van der Waals surface area (Å²) in [6.07, 6.45) is 4.07. The maximum absolute atomic E-state index is 12.9. The Morgan fingerprint density at radius 1 is 1.19 bits per heavy atom. The number of benzene rings is 1. The number of sulfonamides is 1. The predicted octanol–water partition coefficient (Wildman–Crippen LogP) is 3.76. The van der Waals surface area contributed by atoms with Crippen molar-refractivity contribution in [1.82, 2.24) is 14.5 Å². The second kappa shape index (κ2) is 8.19. The van der Waals surface area contributed by atoms with Crippen LogP contribution in [0.4, 0.5) is 5.82 Å². The molecule has 1 saturated carbocycles. The molecule has 1 aliphatic rings. The molecule has 0 bridgehead atoms. The first-order valence-electron chi connectivity index (χ1n) is 10.2. The first kappa shape index (κ1) is 20.1. The van der Waals surface area contributed by atoms with Crippen LogP contribution in [0.25, 0.3) is 10.9 Å². The van der Waals surface area contributed by atoms with Crippen LogP contribution in [0.15, 0.2) is 23.1 Å². The lowest BCUT2D eigenvalue weighted by Crippen LogP contribution is -2.33. The number of rotatable bonds is 10. The summed E-state index contributed by atoms with van der Waals surface area (Å²) < 4.78 is 30.6. The molecule has 0 atom stereocenters. The second-order valence-electron chi connectivity index (χ2n) is 7.44. The van der Waals surface area contributed by atoms with Gasteiger partial charge < -0.3 is 4.90 Å². The molecule has 0 spiro atoms. The molecule has 1 aromatic carbocycles. The van der Waals surface area contributed by atoms with Gasteiger partial charge in [-0.05, 0) is 63.6 Å². The van der Waals surface area contributed by atoms with Crippen LogP contribution < -0.4 is 9.62 Å². The van der Waals surface area contributed by atoms with E-state index in [0.29, 0.717) is 10.8 Å². The molecule has 0 radical (unpaired) electrons. The number of hydrogen-bond donors (Lipinski definition) is 1. The van der Waals surface area contributed by atoms with Gasteiger partial charge in [0.25, 0.3) is 0 Å². The molecule has 1 heterocycles. The molecule has 0 amide bonds. The Balaban J connectivity index is 2.05. The van der Waals surface area contributed by atoms with Crippen LogP contribution in [-0.4, -0.2) is 37.3 Å². The lowest BCUT2D eigenvalue weighted by Gasteiger charge is -2.18. The van der Waals surface area contributed by atoms with Crippen molar-refractivity contribution in [3.8, 4) is 0 Å². The summed E-state index contributed by atoms with van der Waals surface area (Å²) in [5.41, 5.74) is 1.02. The summed E-state index contributed by atoms with van der Waals surface area (Å²) >= 11 is 0. The molecular weight excluding hydrogens is 360 g/mol. The third-order valence-corrected chi connectivity index (χ3v) is 7.03. The summed E-state index contributed by atoms with van der Waals surface area (Å²) in [4.78, 5) is 2.51. The topological polar surface area (TPSA) is 67.2 Å². The SMILES string of the molecule is CCC(CC)NS(=O)(=O)c1ccc2c(c1)c(N(CC)CC)nn2CC1CC1. The molecule has 0 unspecified atom stereocenters. The number of aromatic nitrogens is 2. The van der Waals surface area contributed by atoms with E-state index >= 15 is 0 Å². The summed E-state index contributed by atoms with van der Waals surface area (Å²) in [5, 5.41) is 5.78. The molecule has 27 heavy (non-hydrogen) atoms. The molecule has 1 N–H and O–H groups in total. The minimum atomic E-state index is -3.54. The molecule has 1 fully saturated rings. The number of hydrogen-bond acceptors (Lipinski definition) is 4. The van der Waals surface area contributed by atoms with Crippen molar-refractivity contribution < 1.29 is 8.42 Å². The highest BCUT2D eigenvalue weighted by Crippen LogP contribution is 2.34. The normalized spacial score (nSPS) is 15.0. The number of nitrogens with one attached hydrogen (secondary N) is 1. The van der Waals surface area contributed by atoms with Gasteiger partial charge >= 0.3 is 0 Å². The largest absolute Gasteiger partial charge is 0.355 e. The van der Waals surface area contributed by atoms with Crippen molar-refractivity contribution in [2.75, 3.05) is 18.0 Å². The lowest BCUT2D eigenvalue weighted by atomic mass is 10.2. The molecule has 0 aliphatic heterocycles. The van der Waals surface area contributed by atoms with Gasteiger partial charge in [0.05, 0.1) is 10.4 Å². The van der Waals surface area contributed by atoms with Gasteiger partial charge in [0.1, 0.15) is 0 Å². The van der Waals surface area contributed by atoms with Crippen LogP contribution in [0.2, 0.25) is 0 Å². The summed E-state index contributed by atoms with van der Waals surface area (Å²) in [5.74, 6) is 1.59. The summed E-state index contributed by atoms with van der Waals surface area (Å²) in [6.45, 7) is 10.8. The van der Waals surface area contributed by atoms with Gasteiger partial charge in [-0.1, -0.05) is 13.8 Å². The van der Waals surface area contributed by atoms with Crippen molar-refractivity contribution in [2.45, 2.75) is 70.9 Å². The van der Waals surface area contributed by atoms with Crippen LogP contribution in [0.5, 0.6) is 0 Å². The van der Waals surface area contributed by atoms with E-state index in [4.69, 9.17) is 5.10 Å². The Kier molecular flexibility index (Phi) is 6.11. The van der Waals surface area contributed by atoms with Gasteiger partial charge in [-0.2, -0.15) is 5.10 Å². The van der Waals surface area contributed by atoms with Crippen LogP contribution in [0, 0.1) is 5.92 Å². The third kappa shape index (κ3) is 4.29. The summed E-state index contributed by atoms with van der Waals surface area (Å²) in [7, 11) is -3.54. The first-order valence-corrected chi connectivity index (χ1v) is 11.7. The maximum atomic E-state index is 12.9. The van der Waals surface area contributed by atoms with E-state index in [-0.39, 0.29) is 6.04 Å². The van der Waals surface area contributed by atoms with Crippen molar-refractivity contribution in [2.24, 2.45) is 5.92 Å². The number of nitrogens with zero attached hydrogens (tertiary/aromatic N) is 3. The van der Waals surface area contributed by atoms with Crippen molar-refractivity contribution >= 4 is 26.7 Å². The molecule has 1 aliphatic carbocycles. The molecule has 150 valence electrons. The second-order valence-corrected chi connectivity index (χ2v) is 9.15. The van der Waals surface area contributed by atoms with E-state index in [1.165, 1.54) is 12.8 Å². The molecule has 2 aromatic rings. The van der Waals surface area contributed by atoms with Gasteiger partial charge in [0, 0.05) is 31.1 Å². The number of fused-ring (bicyclic) bond motifs is 1. The molecule has 7 heteroatoms. The zero-order chi connectivity index (χ0) is 19.6. The summed E-state index contributed by atoms with van der Waals surface area (Å²) in [6, 6.07) is 5.39. The Morgan fingerprint density at radius 2 is 1.85 bits per heavy atom.